The van der Waals surface area contributed by atoms with Crippen molar-refractivity contribution in [1.29, 1.82) is 0 Å². The normalized spacial score (nSPS) is 15.4. The number of anilines is 1. The average molecular weight is 523 g/mol. The maximum atomic E-state index is 13.2. The van der Waals surface area contributed by atoms with Crippen LogP contribution in [-0.2, 0) is 9.59 Å². The molecule has 178 valence electrons. The number of para-hydroxylation sites is 1. The van der Waals surface area contributed by atoms with Crippen LogP contribution < -0.4 is 10.1 Å². The summed E-state index contributed by atoms with van der Waals surface area (Å²) in [6, 6.07) is 22.2. The second-order valence-corrected chi connectivity index (χ2v) is 10.1. The fraction of sp³-hybridized carbons (Fsp3) is 0.148. The van der Waals surface area contributed by atoms with E-state index in [1.807, 2.05) is 68.4 Å². The molecule has 0 bridgehead atoms. The third kappa shape index (κ3) is 5.93. The molecule has 35 heavy (non-hydrogen) atoms. The first kappa shape index (κ1) is 25.0. The van der Waals surface area contributed by atoms with Crippen molar-refractivity contribution >= 4 is 63.5 Å². The number of halogens is 1. The van der Waals surface area contributed by atoms with E-state index < -0.39 is 0 Å². The van der Waals surface area contributed by atoms with Gasteiger partial charge in [0.25, 0.3) is 11.8 Å². The molecule has 1 saturated heterocycles. The molecule has 1 heterocycles. The predicted molar refractivity (Wildman–Crippen MR) is 147 cm³/mol. The highest BCUT2D eigenvalue weighted by molar-refractivity contribution is 8.26. The van der Waals surface area contributed by atoms with E-state index in [2.05, 4.69) is 5.32 Å². The Balaban J connectivity index is 1.46. The summed E-state index contributed by atoms with van der Waals surface area (Å²) in [6.07, 6.45) is 1.75. The molecule has 0 radical (unpaired) electrons. The van der Waals surface area contributed by atoms with Gasteiger partial charge in [-0.2, -0.15) is 0 Å². The van der Waals surface area contributed by atoms with Gasteiger partial charge in [0.05, 0.1) is 10.9 Å². The van der Waals surface area contributed by atoms with Crippen molar-refractivity contribution in [1.82, 2.24) is 4.90 Å². The van der Waals surface area contributed by atoms with Crippen molar-refractivity contribution in [3.8, 4) is 5.75 Å². The van der Waals surface area contributed by atoms with Crippen molar-refractivity contribution in [2.45, 2.75) is 19.9 Å². The van der Waals surface area contributed by atoms with Gasteiger partial charge < -0.3 is 10.1 Å². The van der Waals surface area contributed by atoms with Crippen molar-refractivity contribution in [2.24, 2.45) is 0 Å². The van der Waals surface area contributed by atoms with E-state index in [4.69, 9.17) is 28.6 Å². The van der Waals surface area contributed by atoms with E-state index in [1.54, 1.807) is 29.2 Å². The SMILES string of the molecule is Cc1ccc(NC(=O)COc2ccccc2/C=C2\SC(=S)N([C@@H](C)c3ccccc3)C2=O)cc1Cl. The molecular formula is C27H23ClN2O3S2. The Kier molecular flexibility index (Phi) is 7.90. The van der Waals surface area contributed by atoms with Crippen molar-refractivity contribution in [2.75, 3.05) is 11.9 Å². The molecule has 8 heteroatoms. The first-order valence-corrected chi connectivity index (χ1v) is 12.5. The summed E-state index contributed by atoms with van der Waals surface area (Å²) < 4.78 is 6.29. The lowest BCUT2D eigenvalue weighted by Crippen LogP contribution is -2.30. The van der Waals surface area contributed by atoms with Gasteiger partial charge in [0, 0.05) is 16.3 Å². The molecule has 1 fully saturated rings. The van der Waals surface area contributed by atoms with E-state index in [9.17, 15) is 9.59 Å². The summed E-state index contributed by atoms with van der Waals surface area (Å²) in [6.45, 7) is 3.66. The van der Waals surface area contributed by atoms with Crippen molar-refractivity contribution < 1.29 is 14.3 Å². The lowest BCUT2D eigenvalue weighted by Gasteiger charge is -2.23. The Hall–Kier alpha value is -3.13. The Morgan fingerprint density at radius 1 is 1.14 bits per heavy atom. The summed E-state index contributed by atoms with van der Waals surface area (Å²) in [5, 5.41) is 3.35. The number of benzene rings is 3. The van der Waals surface area contributed by atoms with Crippen molar-refractivity contribution in [3.63, 3.8) is 0 Å². The maximum Gasteiger partial charge on any atom is 0.266 e. The van der Waals surface area contributed by atoms with Crippen molar-refractivity contribution in [3.05, 3.63) is 99.4 Å². The lowest BCUT2D eigenvalue weighted by atomic mass is 10.1. The van der Waals surface area contributed by atoms with Gasteiger partial charge in [0.15, 0.2) is 6.61 Å². The summed E-state index contributed by atoms with van der Waals surface area (Å²) in [5.41, 5.74) is 3.22. The molecule has 1 atom stereocenters. The van der Waals surface area contributed by atoms with Crippen LogP contribution in [0.3, 0.4) is 0 Å². The highest BCUT2D eigenvalue weighted by Gasteiger charge is 2.36. The zero-order valence-electron chi connectivity index (χ0n) is 19.2. The molecule has 1 N–H and O–H groups in total. The van der Waals surface area contributed by atoms with Gasteiger partial charge in [-0.15, -0.1) is 0 Å². The van der Waals surface area contributed by atoms with E-state index >= 15 is 0 Å². The summed E-state index contributed by atoms with van der Waals surface area (Å²) in [5.74, 6) is 0.0221. The first-order valence-electron chi connectivity index (χ1n) is 10.9. The largest absolute Gasteiger partial charge is 0.483 e. The molecule has 3 aromatic rings. The highest BCUT2D eigenvalue weighted by Crippen LogP contribution is 2.38. The number of thioether (sulfide) groups is 1. The number of rotatable bonds is 7. The molecule has 0 unspecified atom stereocenters. The number of hydrogen-bond acceptors (Lipinski definition) is 5. The second-order valence-electron chi connectivity index (χ2n) is 7.98. The summed E-state index contributed by atoms with van der Waals surface area (Å²) >= 11 is 12.9. The van der Waals surface area contributed by atoms with Gasteiger partial charge >= 0.3 is 0 Å². The number of thiocarbonyl (C=S) groups is 1. The molecule has 1 aliphatic rings. The summed E-state index contributed by atoms with van der Waals surface area (Å²) in [7, 11) is 0. The number of nitrogens with zero attached hydrogens (tertiary/aromatic N) is 1. The Morgan fingerprint density at radius 2 is 1.86 bits per heavy atom. The van der Waals surface area contributed by atoms with Crippen LogP contribution in [0.2, 0.25) is 5.02 Å². The zero-order valence-corrected chi connectivity index (χ0v) is 21.5. The van der Waals surface area contributed by atoms with Crippen LogP contribution >= 0.6 is 35.6 Å². The summed E-state index contributed by atoms with van der Waals surface area (Å²) in [4.78, 5) is 27.7. The predicted octanol–water partition coefficient (Wildman–Crippen LogP) is 6.63. The van der Waals surface area contributed by atoms with Gasteiger partial charge in [0.2, 0.25) is 0 Å². The van der Waals surface area contributed by atoms with Crippen LogP contribution in [0.25, 0.3) is 6.08 Å². The molecule has 0 aliphatic carbocycles. The van der Waals surface area contributed by atoms with Gasteiger partial charge in [-0.3, -0.25) is 14.5 Å². The molecular weight excluding hydrogens is 500 g/mol. The average Bonchev–Trinajstić information content (AvgIpc) is 3.13. The van der Waals surface area contributed by atoms with Gasteiger partial charge in [-0.1, -0.05) is 90.2 Å². The number of carbonyl (C=O) groups excluding carboxylic acids is 2. The van der Waals surface area contributed by atoms with Crippen LogP contribution in [0.1, 0.15) is 29.7 Å². The smallest absolute Gasteiger partial charge is 0.266 e. The fourth-order valence-electron chi connectivity index (χ4n) is 3.58. The van der Waals surface area contributed by atoms with E-state index in [0.717, 1.165) is 11.1 Å². The second kappa shape index (κ2) is 11.1. The number of hydrogen-bond donors (Lipinski definition) is 1. The zero-order chi connectivity index (χ0) is 24.9. The van der Waals surface area contributed by atoms with Crippen LogP contribution in [0.5, 0.6) is 5.75 Å². The standard InChI is InChI=1S/C27H23ClN2O3S2/c1-17-12-13-21(15-22(17)28)29-25(31)16-33-23-11-7-6-10-20(23)14-24-26(32)30(27(34)35-24)18(2)19-8-4-3-5-9-19/h3-15,18H,16H2,1-2H3,(H,29,31)/b24-14-/t18-/m0/s1. The lowest BCUT2D eigenvalue weighted by molar-refractivity contribution is -0.123. The quantitative estimate of drug-likeness (QED) is 0.279. The molecule has 5 nitrogen and oxygen atoms in total. The van der Waals surface area contributed by atoms with Crippen LogP contribution in [-0.4, -0.2) is 27.6 Å². The van der Waals surface area contributed by atoms with Crippen LogP contribution in [0.15, 0.2) is 77.7 Å². The minimum absolute atomic E-state index is 0.153. The minimum Gasteiger partial charge on any atom is -0.483 e. The van der Waals surface area contributed by atoms with E-state index in [0.29, 0.717) is 31.2 Å². The Labute approximate surface area is 219 Å². The minimum atomic E-state index is -0.317. The third-order valence-electron chi connectivity index (χ3n) is 5.51. The number of ether oxygens (including phenoxy) is 1. The fourth-order valence-corrected chi connectivity index (χ4v) is 5.17. The van der Waals surface area contributed by atoms with Crippen LogP contribution in [0.4, 0.5) is 5.69 Å². The first-order chi connectivity index (χ1) is 16.8. The molecule has 0 saturated carbocycles. The Morgan fingerprint density at radius 3 is 2.60 bits per heavy atom. The number of nitrogens with one attached hydrogen (secondary N) is 1. The monoisotopic (exact) mass is 522 g/mol. The number of amides is 2. The number of aryl methyl sites for hydroxylation is 1. The molecule has 0 spiro atoms. The topological polar surface area (TPSA) is 58.6 Å². The van der Waals surface area contributed by atoms with E-state index in [-0.39, 0.29) is 24.5 Å². The molecule has 4 rings (SSSR count). The third-order valence-corrected chi connectivity index (χ3v) is 7.25. The molecule has 0 aromatic heterocycles. The van der Waals surface area contributed by atoms with Gasteiger partial charge in [-0.25, -0.2) is 0 Å². The molecule has 1 aliphatic heterocycles. The number of carbonyl (C=O) groups is 2. The Bertz CT molecular complexity index is 1310. The van der Waals surface area contributed by atoms with Gasteiger partial charge in [-0.05, 0) is 49.2 Å². The highest BCUT2D eigenvalue weighted by atomic mass is 35.5. The van der Waals surface area contributed by atoms with Gasteiger partial charge in [0.1, 0.15) is 10.1 Å². The molecule has 3 aromatic carbocycles. The van der Waals surface area contributed by atoms with E-state index in [1.165, 1.54) is 11.8 Å². The maximum absolute atomic E-state index is 13.2. The molecule has 2 amide bonds. The van der Waals surface area contributed by atoms with Crippen LogP contribution in [0, 0.1) is 6.92 Å².